The number of hydrogen-bond donors (Lipinski definition) is 2. The summed E-state index contributed by atoms with van der Waals surface area (Å²) in [5.74, 6) is 2.61. The van der Waals surface area contributed by atoms with Gasteiger partial charge in [-0.3, -0.25) is 10.3 Å². The lowest BCUT2D eigenvalue weighted by Gasteiger charge is -2.44. The Morgan fingerprint density at radius 2 is 2.04 bits per heavy atom. The number of benzene rings is 1. The van der Waals surface area contributed by atoms with Gasteiger partial charge in [0.25, 0.3) is 0 Å². The molecule has 27 heavy (non-hydrogen) atoms. The maximum absolute atomic E-state index is 5.61. The van der Waals surface area contributed by atoms with Gasteiger partial charge in [0.2, 0.25) is 0 Å². The molecule has 0 radical (unpaired) electrons. The van der Waals surface area contributed by atoms with Gasteiger partial charge < -0.3 is 15.2 Å². The molecule has 3 rings (SSSR count). The smallest absolute Gasteiger partial charge is 0.184 e. The summed E-state index contributed by atoms with van der Waals surface area (Å²) in [5.41, 5.74) is 12.2. The van der Waals surface area contributed by atoms with Crippen LogP contribution in [0.1, 0.15) is 43.9 Å². The van der Waals surface area contributed by atoms with Crippen molar-refractivity contribution >= 4 is 23.0 Å². The number of nitrogens with zero attached hydrogens (tertiary/aromatic N) is 2. The van der Waals surface area contributed by atoms with Crippen LogP contribution in [0.25, 0.3) is 0 Å². The Labute approximate surface area is 167 Å². The Kier molecular flexibility index (Phi) is 6.22. The molecule has 3 N–H and O–H groups in total. The van der Waals surface area contributed by atoms with Gasteiger partial charge in [0.05, 0.1) is 14.2 Å². The van der Waals surface area contributed by atoms with Crippen molar-refractivity contribution in [1.29, 1.82) is 0 Å². The summed E-state index contributed by atoms with van der Waals surface area (Å²) in [6, 6.07) is 4.55. The Bertz CT molecular complexity index is 735. The SMILES string of the molecule is COc1cc2c(cc1OC)[C@@H]1C/C(=N\NC(N)=S)[C@H](CC(C)C)CN1CC2. The van der Waals surface area contributed by atoms with Crippen LogP contribution in [0.4, 0.5) is 0 Å². The van der Waals surface area contributed by atoms with E-state index in [-0.39, 0.29) is 5.11 Å². The van der Waals surface area contributed by atoms with Crippen LogP contribution in [0, 0.1) is 11.8 Å². The molecule has 1 aromatic rings. The molecule has 0 saturated carbocycles. The number of piperidine rings is 1. The van der Waals surface area contributed by atoms with Crippen molar-refractivity contribution in [2.45, 2.75) is 39.2 Å². The summed E-state index contributed by atoms with van der Waals surface area (Å²) in [6.07, 6.45) is 3.01. The number of methoxy groups -OCH3 is 2. The minimum absolute atomic E-state index is 0.212. The zero-order valence-electron chi connectivity index (χ0n) is 16.6. The fourth-order valence-electron chi connectivity index (χ4n) is 4.33. The van der Waals surface area contributed by atoms with Crippen LogP contribution in [-0.4, -0.2) is 43.0 Å². The van der Waals surface area contributed by atoms with Crippen molar-refractivity contribution < 1.29 is 9.47 Å². The first kappa shape index (κ1) is 19.9. The lowest BCUT2D eigenvalue weighted by atomic mass is 9.79. The predicted molar refractivity (Wildman–Crippen MR) is 112 cm³/mol. The van der Waals surface area contributed by atoms with Crippen LogP contribution in [0.15, 0.2) is 17.2 Å². The molecule has 2 atom stereocenters. The number of thiocarbonyl (C=S) groups is 1. The summed E-state index contributed by atoms with van der Waals surface area (Å²) in [5, 5.41) is 4.79. The van der Waals surface area contributed by atoms with Gasteiger partial charge in [0.1, 0.15) is 0 Å². The molecule has 0 amide bonds. The lowest BCUT2D eigenvalue weighted by molar-refractivity contribution is 0.147. The van der Waals surface area contributed by atoms with Crippen LogP contribution in [-0.2, 0) is 6.42 Å². The topological polar surface area (TPSA) is 72.1 Å². The molecule has 1 aromatic carbocycles. The Morgan fingerprint density at radius 3 is 2.67 bits per heavy atom. The average Bonchev–Trinajstić information content (AvgIpc) is 2.64. The van der Waals surface area contributed by atoms with Gasteiger partial charge in [-0.1, -0.05) is 13.8 Å². The predicted octanol–water partition coefficient (Wildman–Crippen LogP) is 2.86. The normalized spacial score (nSPS) is 23.7. The Balaban J connectivity index is 1.93. The highest BCUT2D eigenvalue weighted by atomic mass is 32.1. The first-order valence-corrected chi connectivity index (χ1v) is 9.94. The van der Waals surface area contributed by atoms with E-state index in [4.69, 9.17) is 27.4 Å². The molecule has 148 valence electrons. The van der Waals surface area contributed by atoms with Gasteiger partial charge in [0.15, 0.2) is 16.6 Å². The van der Waals surface area contributed by atoms with Crippen LogP contribution >= 0.6 is 12.2 Å². The molecule has 2 heterocycles. The number of hydrogen-bond acceptors (Lipinski definition) is 5. The zero-order valence-corrected chi connectivity index (χ0v) is 17.4. The van der Waals surface area contributed by atoms with Gasteiger partial charge in [-0.15, -0.1) is 0 Å². The van der Waals surface area contributed by atoms with E-state index in [1.54, 1.807) is 14.2 Å². The Hall–Kier alpha value is -1.86. The zero-order chi connectivity index (χ0) is 19.6. The molecule has 7 heteroatoms. The second kappa shape index (κ2) is 8.44. The summed E-state index contributed by atoms with van der Waals surface area (Å²) in [6.45, 7) is 6.58. The van der Waals surface area contributed by atoms with Crippen LogP contribution in [0.2, 0.25) is 0 Å². The molecule has 1 fully saturated rings. The van der Waals surface area contributed by atoms with E-state index in [1.807, 2.05) is 0 Å². The molecule has 1 saturated heterocycles. The van der Waals surface area contributed by atoms with Gasteiger partial charge in [-0.05, 0) is 54.2 Å². The molecule has 2 aliphatic heterocycles. The van der Waals surface area contributed by atoms with E-state index in [0.717, 1.165) is 49.6 Å². The number of rotatable bonds is 5. The van der Waals surface area contributed by atoms with Gasteiger partial charge in [-0.2, -0.15) is 5.10 Å². The number of nitrogens with two attached hydrogens (primary N) is 1. The van der Waals surface area contributed by atoms with Crippen LogP contribution in [0.3, 0.4) is 0 Å². The maximum Gasteiger partial charge on any atom is 0.184 e. The third kappa shape index (κ3) is 4.35. The highest BCUT2D eigenvalue weighted by Gasteiger charge is 2.37. The van der Waals surface area contributed by atoms with Crippen molar-refractivity contribution in [2.75, 3.05) is 27.3 Å². The Morgan fingerprint density at radius 1 is 1.33 bits per heavy atom. The fourth-order valence-corrected chi connectivity index (χ4v) is 4.38. The number of hydrazone groups is 1. The van der Waals surface area contributed by atoms with E-state index < -0.39 is 0 Å². The highest BCUT2D eigenvalue weighted by Crippen LogP contribution is 2.42. The largest absolute Gasteiger partial charge is 0.493 e. The summed E-state index contributed by atoms with van der Waals surface area (Å²) in [4.78, 5) is 2.58. The quantitative estimate of drug-likeness (QED) is 0.595. The van der Waals surface area contributed by atoms with Crippen LogP contribution in [0.5, 0.6) is 11.5 Å². The first-order chi connectivity index (χ1) is 12.9. The van der Waals surface area contributed by atoms with Crippen molar-refractivity contribution in [1.82, 2.24) is 10.3 Å². The van der Waals surface area contributed by atoms with Crippen LogP contribution < -0.4 is 20.6 Å². The number of fused-ring (bicyclic) bond motifs is 3. The molecule has 6 nitrogen and oxygen atoms in total. The molecular weight excluding hydrogens is 360 g/mol. The third-order valence-electron chi connectivity index (χ3n) is 5.51. The molecule has 2 aliphatic rings. The molecule has 0 aromatic heterocycles. The highest BCUT2D eigenvalue weighted by molar-refractivity contribution is 7.80. The standard InChI is InChI=1S/C20H30N4O2S/c1-12(2)7-14-11-24-6-5-13-8-18(25-3)19(26-4)9-15(13)17(24)10-16(14)22-23-20(21)27/h8-9,12,14,17H,5-7,10-11H2,1-4H3,(H3,21,23,27)/b22-16+/t14-,17+/m1/s1. The minimum Gasteiger partial charge on any atom is -0.493 e. The molecule has 0 unspecified atom stereocenters. The third-order valence-corrected chi connectivity index (χ3v) is 5.60. The van der Waals surface area contributed by atoms with Crippen molar-refractivity contribution in [3.63, 3.8) is 0 Å². The molecule has 0 spiro atoms. The van der Waals surface area contributed by atoms with Crippen molar-refractivity contribution in [3.8, 4) is 11.5 Å². The molecule has 0 aliphatic carbocycles. The number of ether oxygens (including phenoxy) is 2. The monoisotopic (exact) mass is 390 g/mol. The van der Waals surface area contributed by atoms with E-state index in [0.29, 0.717) is 17.9 Å². The summed E-state index contributed by atoms with van der Waals surface area (Å²) < 4.78 is 11.0. The second-order valence-electron chi connectivity index (χ2n) is 7.78. The van der Waals surface area contributed by atoms with Gasteiger partial charge in [0, 0.05) is 37.2 Å². The van der Waals surface area contributed by atoms with Gasteiger partial charge >= 0.3 is 0 Å². The van der Waals surface area contributed by atoms with E-state index in [1.165, 1.54) is 11.1 Å². The lowest BCUT2D eigenvalue weighted by Crippen LogP contribution is -2.47. The van der Waals surface area contributed by atoms with E-state index >= 15 is 0 Å². The minimum atomic E-state index is 0.212. The molecule has 0 bridgehead atoms. The second-order valence-corrected chi connectivity index (χ2v) is 8.22. The van der Waals surface area contributed by atoms with Crippen molar-refractivity contribution in [2.24, 2.45) is 22.7 Å². The average molecular weight is 391 g/mol. The number of nitrogens with one attached hydrogen (secondary N) is 1. The first-order valence-electron chi connectivity index (χ1n) is 9.53. The summed E-state index contributed by atoms with van der Waals surface area (Å²) >= 11 is 4.95. The van der Waals surface area contributed by atoms with E-state index in [9.17, 15) is 0 Å². The maximum atomic E-state index is 5.61. The summed E-state index contributed by atoms with van der Waals surface area (Å²) in [7, 11) is 3.37. The van der Waals surface area contributed by atoms with Crippen molar-refractivity contribution in [3.05, 3.63) is 23.3 Å². The van der Waals surface area contributed by atoms with E-state index in [2.05, 4.69) is 41.4 Å². The van der Waals surface area contributed by atoms with Gasteiger partial charge in [-0.25, -0.2) is 0 Å². The fraction of sp³-hybridized carbons (Fsp3) is 0.600. The molecular formula is C20H30N4O2S.